The number of hydrogen-bond acceptors (Lipinski definition) is 2. The van der Waals surface area contributed by atoms with E-state index < -0.39 is 0 Å². The van der Waals surface area contributed by atoms with Gasteiger partial charge in [0.1, 0.15) is 5.78 Å². The average molecular weight is 176 g/mol. The van der Waals surface area contributed by atoms with E-state index in [1.807, 2.05) is 0 Å². The van der Waals surface area contributed by atoms with E-state index in [0.717, 1.165) is 12.8 Å². The van der Waals surface area contributed by atoms with Crippen LogP contribution in [0.15, 0.2) is 0 Å². The van der Waals surface area contributed by atoms with Gasteiger partial charge in [0.15, 0.2) is 0 Å². The molecule has 2 saturated heterocycles. The molecule has 2 bridgehead atoms. The minimum Gasteiger partial charge on any atom is -0.310 e. The van der Waals surface area contributed by atoms with E-state index >= 15 is 0 Å². The number of halogens is 1. The Labute approximate surface area is 73.1 Å². The molecule has 2 unspecified atom stereocenters. The maximum Gasteiger partial charge on any atom is 0.136 e. The standard InChI is InChI=1S/C8H13NO.ClH/c10-8-4-6-2-1-3-7(5-8)9-6;/h6-7,9H,1-5H2;1H. The summed E-state index contributed by atoms with van der Waals surface area (Å²) in [5.74, 6) is 0.466. The van der Waals surface area contributed by atoms with Crippen LogP contribution in [0.5, 0.6) is 0 Å². The third-order valence-electron chi connectivity index (χ3n) is 2.52. The third-order valence-corrected chi connectivity index (χ3v) is 2.52. The Hall–Kier alpha value is -0.0800. The highest BCUT2D eigenvalue weighted by Gasteiger charge is 2.29. The molecule has 2 rings (SSSR count). The molecule has 0 aromatic heterocycles. The molecule has 2 fully saturated rings. The van der Waals surface area contributed by atoms with Crippen molar-refractivity contribution in [1.82, 2.24) is 5.32 Å². The van der Waals surface area contributed by atoms with Gasteiger partial charge in [-0.25, -0.2) is 0 Å². The van der Waals surface area contributed by atoms with Crippen LogP contribution in [0, 0.1) is 0 Å². The molecular formula is C8H14ClNO. The van der Waals surface area contributed by atoms with Gasteiger partial charge in [-0.15, -0.1) is 12.4 Å². The van der Waals surface area contributed by atoms with Crippen LogP contribution in [0.1, 0.15) is 32.1 Å². The lowest BCUT2D eigenvalue weighted by molar-refractivity contribution is -0.122. The summed E-state index contributed by atoms with van der Waals surface area (Å²) in [4.78, 5) is 11.0. The lowest BCUT2D eigenvalue weighted by Gasteiger charge is -2.34. The predicted octanol–water partition coefficient (Wildman–Crippen LogP) is 1.28. The molecule has 1 N–H and O–H groups in total. The number of rotatable bonds is 0. The Bertz CT molecular complexity index is 146. The van der Waals surface area contributed by atoms with Crippen molar-refractivity contribution in [2.75, 3.05) is 0 Å². The van der Waals surface area contributed by atoms with Crippen molar-refractivity contribution in [3.8, 4) is 0 Å². The Morgan fingerprint density at radius 1 is 1.18 bits per heavy atom. The summed E-state index contributed by atoms with van der Waals surface area (Å²) >= 11 is 0. The number of hydrogen-bond donors (Lipinski definition) is 1. The van der Waals surface area contributed by atoms with Crippen molar-refractivity contribution < 1.29 is 4.79 Å². The fourth-order valence-corrected chi connectivity index (χ4v) is 2.07. The molecule has 0 aromatic carbocycles. The maximum atomic E-state index is 11.0. The maximum absolute atomic E-state index is 11.0. The molecule has 2 heterocycles. The van der Waals surface area contributed by atoms with Crippen LogP contribution in [0.25, 0.3) is 0 Å². The first-order chi connectivity index (χ1) is 4.84. The molecule has 0 aliphatic carbocycles. The number of Topliss-reactive ketones (excluding diaryl/α,β-unsaturated/α-hetero) is 1. The van der Waals surface area contributed by atoms with E-state index in [1.165, 1.54) is 19.3 Å². The second-order valence-electron chi connectivity index (χ2n) is 3.44. The minimum atomic E-state index is 0. The normalized spacial score (nSPS) is 36.2. The summed E-state index contributed by atoms with van der Waals surface area (Å²) in [6.07, 6.45) is 5.31. The van der Waals surface area contributed by atoms with Gasteiger partial charge in [0, 0.05) is 24.9 Å². The highest BCUT2D eigenvalue weighted by molar-refractivity contribution is 5.85. The molecule has 2 aliphatic heterocycles. The Morgan fingerprint density at radius 3 is 2.27 bits per heavy atom. The van der Waals surface area contributed by atoms with Gasteiger partial charge < -0.3 is 5.32 Å². The van der Waals surface area contributed by atoms with Crippen LogP contribution in [0.2, 0.25) is 0 Å². The highest BCUT2D eigenvalue weighted by atomic mass is 35.5. The van der Waals surface area contributed by atoms with Crippen molar-refractivity contribution in [3.63, 3.8) is 0 Å². The SMILES string of the molecule is Cl.O=C1CC2CCCC(C1)N2. The molecule has 0 spiro atoms. The fourth-order valence-electron chi connectivity index (χ4n) is 2.07. The van der Waals surface area contributed by atoms with Crippen molar-refractivity contribution in [2.24, 2.45) is 0 Å². The molecule has 2 nitrogen and oxygen atoms in total. The number of nitrogens with one attached hydrogen (secondary N) is 1. The van der Waals surface area contributed by atoms with Crippen molar-refractivity contribution in [2.45, 2.75) is 44.2 Å². The zero-order valence-electron chi connectivity index (χ0n) is 6.51. The molecule has 11 heavy (non-hydrogen) atoms. The number of piperidine rings is 2. The smallest absolute Gasteiger partial charge is 0.136 e. The largest absolute Gasteiger partial charge is 0.310 e. The fraction of sp³-hybridized carbons (Fsp3) is 0.875. The molecule has 2 atom stereocenters. The van der Waals surface area contributed by atoms with E-state index in [4.69, 9.17) is 0 Å². The number of carbonyl (C=O) groups excluding carboxylic acids is 1. The minimum absolute atomic E-state index is 0. The van der Waals surface area contributed by atoms with Gasteiger partial charge in [-0.3, -0.25) is 4.79 Å². The van der Waals surface area contributed by atoms with Gasteiger partial charge in [0.05, 0.1) is 0 Å². The lowest BCUT2D eigenvalue weighted by atomic mass is 9.86. The first kappa shape index (κ1) is 9.01. The molecular weight excluding hydrogens is 162 g/mol. The molecule has 0 saturated carbocycles. The summed E-state index contributed by atoms with van der Waals surface area (Å²) in [6, 6.07) is 1.06. The summed E-state index contributed by atoms with van der Waals surface area (Å²) in [5, 5.41) is 3.46. The van der Waals surface area contributed by atoms with Crippen LogP contribution in [0.4, 0.5) is 0 Å². The van der Waals surface area contributed by atoms with Crippen molar-refractivity contribution in [1.29, 1.82) is 0 Å². The first-order valence-electron chi connectivity index (χ1n) is 4.12. The Balaban J connectivity index is 0.000000605. The lowest BCUT2D eigenvalue weighted by Crippen LogP contribution is -2.48. The van der Waals surface area contributed by atoms with Crippen LogP contribution in [-0.4, -0.2) is 17.9 Å². The van der Waals surface area contributed by atoms with Gasteiger partial charge in [-0.05, 0) is 12.8 Å². The topological polar surface area (TPSA) is 29.1 Å². The zero-order valence-corrected chi connectivity index (χ0v) is 7.32. The van der Waals surface area contributed by atoms with Crippen LogP contribution < -0.4 is 5.32 Å². The number of ketones is 1. The van der Waals surface area contributed by atoms with E-state index in [2.05, 4.69) is 5.32 Å². The molecule has 0 radical (unpaired) electrons. The highest BCUT2D eigenvalue weighted by Crippen LogP contribution is 2.22. The molecule has 0 aromatic rings. The number of fused-ring (bicyclic) bond motifs is 2. The second kappa shape index (κ2) is 3.55. The van der Waals surface area contributed by atoms with Crippen LogP contribution in [0.3, 0.4) is 0 Å². The van der Waals surface area contributed by atoms with Gasteiger partial charge in [0.25, 0.3) is 0 Å². The van der Waals surface area contributed by atoms with Crippen molar-refractivity contribution in [3.05, 3.63) is 0 Å². The molecule has 2 aliphatic rings. The van der Waals surface area contributed by atoms with Crippen molar-refractivity contribution >= 4 is 18.2 Å². The van der Waals surface area contributed by atoms with Crippen LogP contribution >= 0.6 is 12.4 Å². The average Bonchev–Trinajstić information content (AvgIpc) is 1.85. The molecule has 3 heteroatoms. The van der Waals surface area contributed by atoms with Gasteiger partial charge in [-0.1, -0.05) is 6.42 Å². The van der Waals surface area contributed by atoms with E-state index in [-0.39, 0.29) is 12.4 Å². The predicted molar refractivity (Wildman–Crippen MR) is 46.1 cm³/mol. The molecule has 64 valence electrons. The Morgan fingerprint density at radius 2 is 1.73 bits per heavy atom. The van der Waals surface area contributed by atoms with Gasteiger partial charge >= 0.3 is 0 Å². The van der Waals surface area contributed by atoms with E-state index in [9.17, 15) is 4.79 Å². The zero-order chi connectivity index (χ0) is 6.97. The summed E-state index contributed by atoms with van der Waals surface area (Å²) in [5.41, 5.74) is 0. The monoisotopic (exact) mass is 175 g/mol. The summed E-state index contributed by atoms with van der Waals surface area (Å²) in [7, 11) is 0. The summed E-state index contributed by atoms with van der Waals surface area (Å²) in [6.45, 7) is 0. The quantitative estimate of drug-likeness (QED) is 0.601. The second-order valence-corrected chi connectivity index (χ2v) is 3.44. The van der Waals surface area contributed by atoms with Crippen LogP contribution in [-0.2, 0) is 4.79 Å². The number of carbonyl (C=O) groups is 1. The summed E-state index contributed by atoms with van der Waals surface area (Å²) < 4.78 is 0. The van der Waals surface area contributed by atoms with Gasteiger partial charge in [0.2, 0.25) is 0 Å². The van der Waals surface area contributed by atoms with E-state index in [0.29, 0.717) is 17.9 Å². The first-order valence-corrected chi connectivity index (χ1v) is 4.12. The molecule has 0 amide bonds. The third kappa shape index (κ3) is 1.94. The Kier molecular flexibility index (Phi) is 2.90. The van der Waals surface area contributed by atoms with Gasteiger partial charge in [-0.2, -0.15) is 0 Å². The van der Waals surface area contributed by atoms with E-state index in [1.54, 1.807) is 0 Å².